The Hall–Kier alpha value is -6.15. The minimum atomic E-state index is -0.865. The third-order valence-electron chi connectivity index (χ3n) is 8.75. The third-order valence-corrected chi connectivity index (χ3v) is 8.75. The lowest BCUT2D eigenvalue weighted by Crippen LogP contribution is -2.24. The van der Waals surface area contributed by atoms with Gasteiger partial charge in [0.2, 0.25) is 5.95 Å². The Morgan fingerprint density at radius 1 is 0.851 bits per heavy atom. The van der Waals surface area contributed by atoms with Crippen LogP contribution >= 0.6 is 0 Å². The standard InChI is InChI=1S/C38H25N5O4/c39-18-22-3-1-21(2-4-22)5-6-23-7-10-25-14-16-29-24(8-11-26-13-15-28(23)33(25)34(26)29)9-12-27-19-43(32-17-30(45)31(20-44)47-32)36-35(27)37(46)42-38(40)41-36/h1-4,7-8,10-11,13-16,19,30-32,44-45H,17,20H2,(H3,40,41,42,46)/t30-,31+,32+/m0/s1. The van der Waals surface area contributed by atoms with Gasteiger partial charge in [-0.1, -0.05) is 60.1 Å². The molecular formula is C38H25N5O4. The van der Waals surface area contributed by atoms with Crippen molar-refractivity contribution >= 4 is 49.3 Å². The van der Waals surface area contributed by atoms with E-state index in [0.29, 0.717) is 11.1 Å². The number of H-pyrrole nitrogens is 1. The van der Waals surface area contributed by atoms with E-state index in [0.717, 1.165) is 49.0 Å². The van der Waals surface area contributed by atoms with E-state index >= 15 is 0 Å². The average Bonchev–Trinajstić information content (AvgIpc) is 3.65. The fourth-order valence-corrected chi connectivity index (χ4v) is 6.46. The number of fused-ring (bicyclic) bond motifs is 1. The molecule has 0 amide bonds. The Bertz CT molecular complexity index is 2610. The van der Waals surface area contributed by atoms with Gasteiger partial charge in [0.15, 0.2) is 5.65 Å². The van der Waals surface area contributed by atoms with Gasteiger partial charge in [-0.05, 0) is 68.7 Å². The highest BCUT2D eigenvalue weighted by Gasteiger charge is 2.35. The Balaban J connectivity index is 1.25. The molecule has 3 atom stereocenters. The van der Waals surface area contributed by atoms with E-state index in [1.165, 1.54) is 0 Å². The number of aromatic amines is 1. The lowest BCUT2D eigenvalue weighted by Gasteiger charge is -2.14. The molecule has 0 unspecified atom stereocenters. The molecule has 2 aromatic heterocycles. The van der Waals surface area contributed by atoms with Gasteiger partial charge in [0.25, 0.3) is 5.56 Å². The van der Waals surface area contributed by atoms with E-state index in [1.54, 1.807) is 22.9 Å². The smallest absolute Gasteiger partial charge is 0.263 e. The molecular weight excluding hydrogens is 590 g/mol. The van der Waals surface area contributed by atoms with Gasteiger partial charge in [0.05, 0.1) is 35.3 Å². The van der Waals surface area contributed by atoms with Crippen molar-refractivity contribution in [2.75, 3.05) is 12.3 Å². The monoisotopic (exact) mass is 615 g/mol. The van der Waals surface area contributed by atoms with Crippen molar-refractivity contribution in [3.63, 3.8) is 0 Å². The number of anilines is 1. The summed E-state index contributed by atoms with van der Waals surface area (Å²) in [6.07, 6.45) is -0.365. The van der Waals surface area contributed by atoms with Crippen LogP contribution in [0.25, 0.3) is 43.4 Å². The van der Waals surface area contributed by atoms with Crippen molar-refractivity contribution in [1.82, 2.24) is 14.5 Å². The molecule has 3 heterocycles. The predicted octanol–water partition coefficient (Wildman–Crippen LogP) is 4.52. The van der Waals surface area contributed by atoms with Crippen LogP contribution in [-0.2, 0) is 4.74 Å². The number of nitrogens with one attached hydrogen (secondary N) is 1. The summed E-state index contributed by atoms with van der Waals surface area (Å²) in [5.74, 6) is 13.0. The first-order valence-electron chi connectivity index (χ1n) is 15.0. The molecule has 0 bridgehead atoms. The molecule has 47 heavy (non-hydrogen) atoms. The number of nitriles is 1. The summed E-state index contributed by atoms with van der Waals surface area (Å²) in [6, 6.07) is 25.8. The van der Waals surface area contributed by atoms with Gasteiger partial charge in [0, 0.05) is 29.3 Å². The summed E-state index contributed by atoms with van der Waals surface area (Å²) in [7, 11) is 0. The molecule has 5 N–H and O–H groups in total. The van der Waals surface area contributed by atoms with Gasteiger partial charge in [-0.25, -0.2) is 0 Å². The number of ether oxygens (including phenoxy) is 1. The van der Waals surface area contributed by atoms with E-state index in [-0.39, 0.29) is 30.0 Å². The van der Waals surface area contributed by atoms with Crippen LogP contribution in [0.3, 0.4) is 0 Å². The van der Waals surface area contributed by atoms with Gasteiger partial charge in [-0.2, -0.15) is 10.2 Å². The zero-order valence-electron chi connectivity index (χ0n) is 24.8. The second-order valence-corrected chi connectivity index (χ2v) is 11.6. The topological polar surface area (TPSA) is 150 Å². The molecule has 0 spiro atoms. The van der Waals surface area contributed by atoms with Gasteiger partial charge >= 0.3 is 0 Å². The van der Waals surface area contributed by atoms with Crippen LogP contribution < -0.4 is 11.3 Å². The highest BCUT2D eigenvalue weighted by Crippen LogP contribution is 2.37. The van der Waals surface area contributed by atoms with E-state index < -0.39 is 24.0 Å². The van der Waals surface area contributed by atoms with E-state index in [1.807, 2.05) is 30.3 Å². The Labute approximate surface area is 267 Å². The number of nitrogens with zero attached hydrogens (tertiary/aromatic N) is 3. The van der Waals surface area contributed by atoms with Gasteiger partial charge in [0.1, 0.15) is 12.3 Å². The Morgan fingerprint density at radius 3 is 2.06 bits per heavy atom. The maximum absolute atomic E-state index is 13.1. The largest absolute Gasteiger partial charge is 0.394 e. The van der Waals surface area contributed by atoms with Crippen molar-refractivity contribution < 1.29 is 14.9 Å². The molecule has 0 radical (unpaired) electrons. The molecule has 5 aromatic carbocycles. The molecule has 0 saturated carbocycles. The molecule has 0 aliphatic carbocycles. The summed E-state index contributed by atoms with van der Waals surface area (Å²) < 4.78 is 7.50. The molecule has 7 aromatic rings. The molecule has 9 nitrogen and oxygen atoms in total. The first-order chi connectivity index (χ1) is 22.9. The molecule has 1 aliphatic heterocycles. The molecule has 1 fully saturated rings. The lowest BCUT2D eigenvalue weighted by atomic mass is 9.90. The van der Waals surface area contributed by atoms with E-state index in [9.17, 15) is 15.0 Å². The number of hydrogen-bond donors (Lipinski definition) is 4. The first kappa shape index (κ1) is 28.3. The SMILES string of the molecule is N#Cc1ccc(C#Cc2ccc3ccc4c(C#Cc5cn([C@H]6C[C@H](O)[C@@H](CO)O6)c6nc(N)[nH]c(=O)c56)ccc5ccc2c3c54)cc1. The lowest BCUT2D eigenvalue weighted by molar-refractivity contribution is -0.0430. The Kier molecular flexibility index (Phi) is 6.65. The number of benzene rings is 5. The summed E-state index contributed by atoms with van der Waals surface area (Å²) in [5.41, 5.74) is 9.28. The van der Waals surface area contributed by atoms with Crippen LogP contribution in [0.2, 0.25) is 0 Å². The second kappa shape index (κ2) is 11.0. The molecule has 8 rings (SSSR count). The van der Waals surface area contributed by atoms with Crippen LogP contribution in [0.5, 0.6) is 0 Å². The molecule has 9 heteroatoms. The number of nitrogen functional groups attached to an aromatic ring is 1. The Morgan fingerprint density at radius 2 is 1.45 bits per heavy atom. The van der Waals surface area contributed by atoms with Crippen molar-refractivity contribution in [3.05, 3.63) is 117 Å². The van der Waals surface area contributed by atoms with Crippen LogP contribution in [-0.4, -0.2) is 43.6 Å². The van der Waals surface area contributed by atoms with Crippen LogP contribution in [0.4, 0.5) is 5.95 Å². The van der Waals surface area contributed by atoms with Crippen molar-refractivity contribution in [1.29, 1.82) is 5.26 Å². The van der Waals surface area contributed by atoms with E-state index in [2.05, 4.69) is 70.1 Å². The quantitative estimate of drug-likeness (QED) is 0.165. The summed E-state index contributed by atoms with van der Waals surface area (Å²) in [6.45, 7) is -0.334. The summed E-state index contributed by atoms with van der Waals surface area (Å²) >= 11 is 0. The number of rotatable bonds is 2. The fraction of sp³-hybridized carbons (Fsp3) is 0.132. The summed E-state index contributed by atoms with van der Waals surface area (Å²) in [4.78, 5) is 20.0. The highest BCUT2D eigenvalue weighted by molar-refractivity contribution is 6.24. The van der Waals surface area contributed by atoms with Crippen molar-refractivity contribution in [2.45, 2.75) is 24.9 Å². The summed E-state index contributed by atoms with van der Waals surface area (Å²) in [5, 5.41) is 35.6. The van der Waals surface area contributed by atoms with Crippen LogP contribution in [0, 0.1) is 35.0 Å². The first-order valence-corrected chi connectivity index (χ1v) is 15.0. The van der Waals surface area contributed by atoms with Gasteiger partial charge < -0.3 is 25.3 Å². The van der Waals surface area contributed by atoms with Crippen LogP contribution in [0.1, 0.15) is 40.5 Å². The van der Waals surface area contributed by atoms with Gasteiger partial charge in [-0.3, -0.25) is 9.78 Å². The van der Waals surface area contributed by atoms with Gasteiger partial charge in [-0.15, -0.1) is 0 Å². The number of aromatic nitrogens is 3. The highest BCUT2D eigenvalue weighted by atomic mass is 16.5. The minimum absolute atomic E-state index is 0.0497. The van der Waals surface area contributed by atoms with E-state index in [4.69, 9.17) is 15.7 Å². The zero-order valence-corrected chi connectivity index (χ0v) is 24.8. The van der Waals surface area contributed by atoms with Crippen molar-refractivity contribution in [3.8, 4) is 29.8 Å². The molecule has 226 valence electrons. The predicted molar refractivity (Wildman–Crippen MR) is 180 cm³/mol. The van der Waals surface area contributed by atoms with Crippen LogP contribution in [0.15, 0.2) is 83.8 Å². The average molecular weight is 616 g/mol. The third kappa shape index (κ3) is 4.73. The zero-order chi connectivity index (χ0) is 32.2. The number of aliphatic hydroxyl groups excluding tert-OH is 2. The number of hydrogen-bond acceptors (Lipinski definition) is 7. The maximum atomic E-state index is 13.1. The normalized spacial score (nSPS) is 17.5. The maximum Gasteiger partial charge on any atom is 0.263 e. The van der Waals surface area contributed by atoms with Crippen molar-refractivity contribution in [2.24, 2.45) is 0 Å². The molecule has 1 aliphatic rings. The second-order valence-electron chi connectivity index (χ2n) is 11.6. The number of aliphatic hydroxyl groups is 2. The fourth-order valence-electron chi connectivity index (χ4n) is 6.46. The minimum Gasteiger partial charge on any atom is -0.394 e. The number of nitrogens with two attached hydrogens (primary N) is 1. The molecule has 1 saturated heterocycles.